The van der Waals surface area contributed by atoms with Crippen molar-refractivity contribution < 1.29 is 36.7 Å². The van der Waals surface area contributed by atoms with E-state index in [-0.39, 0.29) is 40.7 Å². The Balaban J connectivity index is 2.28. The predicted octanol–water partition coefficient (Wildman–Crippen LogP) is 2.94. The minimum atomic E-state index is -4.12. The number of thiophene rings is 1. The minimum absolute atomic E-state index is 0.0240. The average molecular weight is 487 g/mol. The Kier molecular flexibility index (Phi) is 8.87. The number of halogens is 1. The van der Waals surface area contributed by atoms with Gasteiger partial charge in [-0.3, -0.25) is 4.79 Å². The van der Waals surface area contributed by atoms with Gasteiger partial charge in [-0.1, -0.05) is 6.92 Å². The van der Waals surface area contributed by atoms with Gasteiger partial charge in [0.05, 0.1) is 23.7 Å². The fourth-order valence-corrected chi connectivity index (χ4v) is 4.80. The first-order valence-corrected chi connectivity index (χ1v) is 12.0. The van der Waals surface area contributed by atoms with Gasteiger partial charge in [0.2, 0.25) is 15.9 Å². The van der Waals surface area contributed by atoms with E-state index in [1.807, 2.05) is 0 Å². The topological polar surface area (TPSA) is 128 Å². The van der Waals surface area contributed by atoms with Crippen LogP contribution in [0.5, 0.6) is 0 Å². The standard InChI is InChI=1S/C20H23FN2O7S2/c1-4-15(23-32(27,28)13-9-7-12(21)8-10-13)17(24)22-18-16(20(26)30-6-3)14(11-31-18)19(25)29-5-2/h7-11,15,23H,4-6H2,1-3H3,(H,22,24). The highest BCUT2D eigenvalue weighted by atomic mass is 32.2. The summed E-state index contributed by atoms with van der Waals surface area (Å²) in [5.74, 6) is -2.93. The zero-order valence-corrected chi connectivity index (χ0v) is 19.3. The fraction of sp³-hybridized carbons (Fsp3) is 0.350. The molecular formula is C20H23FN2O7S2. The van der Waals surface area contributed by atoms with E-state index in [2.05, 4.69) is 10.0 Å². The number of esters is 2. The lowest BCUT2D eigenvalue weighted by Crippen LogP contribution is -2.43. The molecule has 2 N–H and O–H groups in total. The minimum Gasteiger partial charge on any atom is -0.462 e. The van der Waals surface area contributed by atoms with Crippen LogP contribution in [0.2, 0.25) is 0 Å². The number of hydrogen-bond acceptors (Lipinski definition) is 8. The molecule has 0 aliphatic carbocycles. The molecule has 0 aliphatic heterocycles. The van der Waals surface area contributed by atoms with Crippen LogP contribution in [0.4, 0.5) is 9.39 Å². The maximum absolute atomic E-state index is 13.1. The van der Waals surface area contributed by atoms with E-state index < -0.39 is 39.7 Å². The first-order valence-electron chi connectivity index (χ1n) is 9.69. The van der Waals surface area contributed by atoms with Crippen molar-refractivity contribution in [3.8, 4) is 0 Å². The highest BCUT2D eigenvalue weighted by molar-refractivity contribution is 7.89. The first kappa shape index (κ1) is 25.4. The van der Waals surface area contributed by atoms with Crippen LogP contribution < -0.4 is 10.0 Å². The second-order valence-electron chi connectivity index (χ2n) is 6.32. The highest BCUT2D eigenvalue weighted by Crippen LogP contribution is 2.30. The summed E-state index contributed by atoms with van der Waals surface area (Å²) in [4.78, 5) is 37.2. The van der Waals surface area contributed by atoms with E-state index in [0.29, 0.717) is 0 Å². The summed E-state index contributed by atoms with van der Waals surface area (Å²) in [6, 6.07) is 2.93. The zero-order valence-electron chi connectivity index (χ0n) is 17.6. The summed E-state index contributed by atoms with van der Waals surface area (Å²) in [6.07, 6.45) is 0.0805. The largest absolute Gasteiger partial charge is 0.462 e. The van der Waals surface area contributed by atoms with Gasteiger partial charge in [0, 0.05) is 5.38 Å². The molecule has 0 aliphatic rings. The number of nitrogens with one attached hydrogen (secondary N) is 2. The molecule has 0 fully saturated rings. The summed E-state index contributed by atoms with van der Waals surface area (Å²) >= 11 is 0.904. The van der Waals surface area contributed by atoms with Gasteiger partial charge in [0.15, 0.2) is 0 Å². The van der Waals surface area contributed by atoms with Crippen LogP contribution in [-0.2, 0) is 24.3 Å². The number of amides is 1. The van der Waals surface area contributed by atoms with Crippen molar-refractivity contribution in [2.45, 2.75) is 38.1 Å². The number of anilines is 1. The third-order valence-corrected chi connectivity index (χ3v) is 6.53. The third-order valence-electron chi connectivity index (χ3n) is 4.15. The van der Waals surface area contributed by atoms with Crippen LogP contribution in [0.25, 0.3) is 0 Å². The van der Waals surface area contributed by atoms with E-state index in [9.17, 15) is 27.2 Å². The fourth-order valence-electron chi connectivity index (χ4n) is 2.61. The van der Waals surface area contributed by atoms with Crippen molar-refractivity contribution in [1.29, 1.82) is 0 Å². The quantitative estimate of drug-likeness (QED) is 0.494. The maximum Gasteiger partial charge on any atom is 0.342 e. The Morgan fingerprint density at radius 3 is 2.19 bits per heavy atom. The Morgan fingerprint density at radius 1 is 1.03 bits per heavy atom. The molecule has 0 radical (unpaired) electrons. The van der Waals surface area contributed by atoms with Gasteiger partial charge < -0.3 is 14.8 Å². The van der Waals surface area contributed by atoms with Crippen molar-refractivity contribution in [3.63, 3.8) is 0 Å². The van der Waals surface area contributed by atoms with Crippen LogP contribution in [0.1, 0.15) is 47.9 Å². The van der Waals surface area contributed by atoms with E-state index in [4.69, 9.17) is 9.47 Å². The molecule has 1 heterocycles. The molecule has 9 nitrogen and oxygen atoms in total. The van der Waals surface area contributed by atoms with Crippen molar-refractivity contribution in [2.75, 3.05) is 18.5 Å². The van der Waals surface area contributed by atoms with Gasteiger partial charge in [-0.15, -0.1) is 11.3 Å². The molecule has 2 rings (SSSR count). The Hall–Kier alpha value is -2.83. The number of rotatable bonds is 10. The lowest BCUT2D eigenvalue weighted by Gasteiger charge is -2.17. The predicted molar refractivity (Wildman–Crippen MR) is 116 cm³/mol. The summed E-state index contributed by atoms with van der Waals surface area (Å²) in [7, 11) is -4.12. The van der Waals surface area contributed by atoms with E-state index in [1.165, 1.54) is 5.38 Å². The van der Waals surface area contributed by atoms with E-state index in [1.54, 1.807) is 20.8 Å². The normalized spacial score (nSPS) is 12.1. The smallest absolute Gasteiger partial charge is 0.342 e. The van der Waals surface area contributed by atoms with Gasteiger partial charge in [-0.05, 0) is 44.5 Å². The van der Waals surface area contributed by atoms with Crippen LogP contribution in [0.15, 0.2) is 34.5 Å². The molecule has 0 bridgehead atoms. The molecular weight excluding hydrogens is 463 g/mol. The van der Waals surface area contributed by atoms with Crippen LogP contribution in [0, 0.1) is 5.82 Å². The number of ether oxygens (including phenoxy) is 2. The monoisotopic (exact) mass is 486 g/mol. The Labute approximate surface area is 189 Å². The molecule has 0 spiro atoms. The lowest BCUT2D eigenvalue weighted by molar-refractivity contribution is -0.117. The molecule has 2 aromatic rings. The van der Waals surface area contributed by atoms with Crippen LogP contribution >= 0.6 is 11.3 Å². The number of carbonyl (C=O) groups excluding carboxylic acids is 3. The number of carbonyl (C=O) groups is 3. The van der Waals surface area contributed by atoms with E-state index >= 15 is 0 Å². The summed E-state index contributed by atoms with van der Waals surface area (Å²) in [5.41, 5.74) is -0.231. The van der Waals surface area contributed by atoms with Crippen molar-refractivity contribution >= 4 is 44.2 Å². The van der Waals surface area contributed by atoms with Gasteiger partial charge in [0.1, 0.15) is 22.4 Å². The highest BCUT2D eigenvalue weighted by Gasteiger charge is 2.29. The van der Waals surface area contributed by atoms with Gasteiger partial charge in [-0.25, -0.2) is 22.4 Å². The molecule has 0 saturated heterocycles. The van der Waals surface area contributed by atoms with Gasteiger partial charge >= 0.3 is 11.9 Å². The van der Waals surface area contributed by atoms with Gasteiger partial charge in [0.25, 0.3) is 0 Å². The van der Waals surface area contributed by atoms with Gasteiger partial charge in [-0.2, -0.15) is 4.72 Å². The third kappa shape index (κ3) is 6.11. The number of sulfonamides is 1. The molecule has 1 atom stereocenters. The second kappa shape index (κ2) is 11.2. The number of benzene rings is 1. The van der Waals surface area contributed by atoms with E-state index in [0.717, 1.165) is 35.6 Å². The second-order valence-corrected chi connectivity index (χ2v) is 8.91. The van der Waals surface area contributed by atoms with Crippen LogP contribution in [-0.4, -0.2) is 45.5 Å². The van der Waals surface area contributed by atoms with Crippen molar-refractivity contribution in [1.82, 2.24) is 4.72 Å². The molecule has 1 aromatic heterocycles. The molecule has 12 heteroatoms. The average Bonchev–Trinajstić information content (AvgIpc) is 3.16. The molecule has 1 aromatic carbocycles. The molecule has 174 valence electrons. The maximum atomic E-state index is 13.1. The Morgan fingerprint density at radius 2 is 1.62 bits per heavy atom. The first-order chi connectivity index (χ1) is 15.1. The van der Waals surface area contributed by atoms with Crippen LogP contribution in [0.3, 0.4) is 0 Å². The molecule has 0 saturated carbocycles. The lowest BCUT2D eigenvalue weighted by atomic mass is 10.1. The summed E-state index contributed by atoms with van der Waals surface area (Å²) in [6.45, 7) is 4.91. The van der Waals surface area contributed by atoms with Crippen molar-refractivity contribution in [2.24, 2.45) is 0 Å². The Bertz CT molecular complexity index is 1080. The SMILES string of the molecule is CCOC(=O)c1csc(NC(=O)C(CC)NS(=O)(=O)c2ccc(F)cc2)c1C(=O)OCC. The molecule has 1 amide bonds. The zero-order chi connectivity index (χ0) is 23.9. The summed E-state index contributed by atoms with van der Waals surface area (Å²) < 4.78 is 50.4. The molecule has 32 heavy (non-hydrogen) atoms. The summed E-state index contributed by atoms with van der Waals surface area (Å²) in [5, 5.41) is 3.86. The number of hydrogen-bond donors (Lipinski definition) is 2. The molecule has 1 unspecified atom stereocenters. The van der Waals surface area contributed by atoms with Crippen molar-refractivity contribution in [3.05, 3.63) is 46.6 Å².